The topological polar surface area (TPSA) is 112 Å². The van der Waals surface area contributed by atoms with Crippen LogP contribution in [0.5, 0.6) is 0 Å². The zero-order valence-electron chi connectivity index (χ0n) is 14.9. The van der Waals surface area contributed by atoms with Gasteiger partial charge in [0.25, 0.3) is 5.56 Å². The number of para-hydroxylation sites is 1. The van der Waals surface area contributed by atoms with Gasteiger partial charge >= 0.3 is 0 Å². The molecule has 0 unspecified atom stereocenters. The third-order valence-electron chi connectivity index (χ3n) is 4.73. The number of thiophene rings is 1. The van der Waals surface area contributed by atoms with Gasteiger partial charge in [-0.3, -0.25) is 9.36 Å². The highest BCUT2D eigenvalue weighted by atomic mass is 32.1. The van der Waals surface area contributed by atoms with Crippen molar-refractivity contribution in [3.05, 3.63) is 63.3 Å². The lowest BCUT2D eigenvalue weighted by Gasteiger charge is -2.08. The Hall–Kier alpha value is -3.33. The van der Waals surface area contributed by atoms with E-state index in [4.69, 9.17) is 5.73 Å². The van der Waals surface area contributed by atoms with Crippen molar-refractivity contribution in [1.82, 2.24) is 24.5 Å². The van der Waals surface area contributed by atoms with E-state index in [1.54, 1.807) is 17.7 Å². The molecule has 4 aromatic rings. The molecule has 0 aliphatic heterocycles. The number of aryl methyl sites for hydroxylation is 2. The predicted molar refractivity (Wildman–Crippen MR) is 109 cm³/mol. The van der Waals surface area contributed by atoms with Crippen LogP contribution in [0, 0.1) is 0 Å². The van der Waals surface area contributed by atoms with Gasteiger partial charge in [0.05, 0.1) is 18.3 Å². The summed E-state index contributed by atoms with van der Waals surface area (Å²) in [4.78, 5) is 32.3. The third kappa shape index (κ3) is 2.99. The lowest BCUT2D eigenvalue weighted by Crippen LogP contribution is -2.23. The zero-order chi connectivity index (χ0) is 19.1. The smallest absolute Gasteiger partial charge is 0.262 e. The lowest BCUT2D eigenvalue weighted by atomic mass is 10.2. The van der Waals surface area contributed by atoms with Gasteiger partial charge in [0.15, 0.2) is 5.82 Å². The summed E-state index contributed by atoms with van der Waals surface area (Å²) in [6, 6.07) is 9.55. The summed E-state index contributed by atoms with van der Waals surface area (Å²) in [5.41, 5.74) is 7.80. The number of rotatable bonds is 4. The van der Waals surface area contributed by atoms with Crippen molar-refractivity contribution in [2.45, 2.75) is 25.8 Å². The molecule has 0 spiro atoms. The lowest BCUT2D eigenvalue weighted by molar-refractivity contribution is 0.704. The Bertz CT molecular complexity index is 1230. The number of nitrogens with one attached hydrogen (secondary N) is 1. The van der Waals surface area contributed by atoms with Gasteiger partial charge in [-0.25, -0.2) is 4.98 Å². The average molecular weight is 391 g/mol. The summed E-state index contributed by atoms with van der Waals surface area (Å²) in [5, 5.41) is 3.84. The normalized spacial score (nSPS) is 13.0. The van der Waals surface area contributed by atoms with E-state index in [0.29, 0.717) is 11.8 Å². The molecule has 28 heavy (non-hydrogen) atoms. The summed E-state index contributed by atoms with van der Waals surface area (Å²) in [6.07, 6.45) is 4.64. The van der Waals surface area contributed by atoms with E-state index in [9.17, 15) is 4.79 Å². The summed E-state index contributed by atoms with van der Waals surface area (Å²) in [5.74, 6) is 0.843. The number of anilines is 3. The van der Waals surface area contributed by atoms with Crippen molar-refractivity contribution < 1.29 is 0 Å². The fraction of sp³-hybridized carbons (Fsp3) is 0.211. The van der Waals surface area contributed by atoms with Crippen molar-refractivity contribution >= 4 is 39.1 Å². The fourth-order valence-electron chi connectivity index (χ4n) is 3.50. The van der Waals surface area contributed by atoms with E-state index < -0.39 is 0 Å². The number of aromatic nitrogens is 5. The molecule has 0 atom stereocenters. The third-order valence-corrected chi connectivity index (χ3v) is 5.93. The first-order valence-electron chi connectivity index (χ1n) is 8.99. The molecule has 3 N–H and O–H groups in total. The molecule has 1 aliphatic rings. The van der Waals surface area contributed by atoms with Gasteiger partial charge in [0.2, 0.25) is 11.9 Å². The highest BCUT2D eigenvalue weighted by molar-refractivity contribution is 7.18. The Balaban J connectivity index is 1.49. The minimum atomic E-state index is -0.0547. The van der Waals surface area contributed by atoms with Crippen LogP contribution in [0.4, 0.5) is 17.6 Å². The molecule has 0 fully saturated rings. The monoisotopic (exact) mass is 391 g/mol. The van der Waals surface area contributed by atoms with E-state index in [1.807, 2.05) is 30.3 Å². The van der Waals surface area contributed by atoms with Gasteiger partial charge in [0, 0.05) is 10.6 Å². The van der Waals surface area contributed by atoms with E-state index in [2.05, 4.69) is 25.3 Å². The van der Waals surface area contributed by atoms with Crippen LogP contribution in [-0.4, -0.2) is 24.5 Å². The first-order valence-corrected chi connectivity index (χ1v) is 9.81. The molecule has 5 rings (SSSR count). The number of benzene rings is 1. The molecule has 0 bridgehead atoms. The number of nitrogen functional groups attached to an aromatic ring is 1. The number of nitrogens with zero attached hydrogens (tertiary/aromatic N) is 5. The van der Waals surface area contributed by atoms with Gasteiger partial charge in [0.1, 0.15) is 4.83 Å². The second-order valence-electron chi connectivity index (χ2n) is 6.64. The van der Waals surface area contributed by atoms with Gasteiger partial charge in [-0.15, -0.1) is 11.3 Å². The Morgan fingerprint density at radius 3 is 2.86 bits per heavy atom. The average Bonchev–Trinajstić information content (AvgIpc) is 3.25. The van der Waals surface area contributed by atoms with E-state index in [-0.39, 0.29) is 18.1 Å². The predicted octanol–water partition coefficient (Wildman–Crippen LogP) is 2.51. The maximum atomic E-state index is 13.0. The number of hydrogen-bond donors (Lipinski definition) is 2. The summed E-state index contributed by atoms with van der Waals surface area (Å²) in [6.45, 7) is 0.183. The molecule has 1 aliphatic carbocycles. The molecule has 0 amide bonds. The summed E-state index contributed by atoms with van der Waals surface area (Å²) in [7, 11) is 0. The van der Waals surface area contributed by atoms with Crippen LogP contribution in [0.25, 0.3) is 10.2 Å². The highest BCUT2D eigenvalue weighted by Gasteiger charge is 2.21. The van der Waals surface area contributed by atoms with Crippen molar-refractivity contribution in [2.24, 2.45) is 0 Å². The number of hydrogen-bond acceptors (Lipinski definition) is 8. The minimum Gasteiger partial charge on any atom is -0.368 e. The van der Waals surface area contributed by atoms with Crippen molar-refractivity contribution in [3.63, 3.8) is 0 Å². The second-order valence-corrected chi connectivity index (χ2v) is 7.72. The first kappa shape index (κ1) is 16.8. The molecule has 8 nitrogen and oxygen atoms in total. The Morgan fingerprint density at radius 1 is 1.14 bits per heavy atom. The Morgan fingerprint density at radius 2 is 2.00 bits per heavy atom. The molecular formula is C19H17N7OS. The molecule has 0 saturated carbocycles. The maximum Gasteiger partial charge on any atom is 0.262 e. The van der Waals surface area contributed by atoms with E-state index in [1.165, 1.54) is 9.44 Å². The van der Waals surface area contributed by atoms with Crippen LogP contribution in [0.2, 0.25) is 0 Å². The Kier molecular flexibility index (Phi) is 4.01. The molecule has 0 radical (unpaired) electrons. The first-order chi connectivity index (χ1) is 13.7. The fourth-order valence-corrected chi connectivity index (χ4v) is 4.72. The molecule has 140 valence electrons. The molecule has 9 heteroatoms. The number of fused-ring (bicyclic) bond motifs is 3. The van der Waals surface area contributed by atoms with Crippen LogP contribution in [0.1, 0.15) is 22.7 Å². The molecular weight excluding hydrogens is 374 g/mol. The molecule has 3 aromatic heterocycles. The van der Waals surface area contributed by atoms with Gasteiger partial charge in [-0.2, -0.15) is 15.0 Å². The SMILES string of the molecule is Nc1nc(Cn2cnc3sc4c(c3c2=O)CCC4)nc(Nc2ccccc2)n1. The molecule has 1 aromatic carbocycles. The highest BCUT2D eigenvalue weighted by Crippen LogP contribution is 2.34. The number of nitrogens with two attached hydrogens (primary N) is 1. The van der Waals surface area contributed by atoms with Crippen LogP contribution in [0.15, 0.2) is 41.5 Å². The van der Waals surface area contributed by atoms with Crippen molar-refractivity contribution in [2.75, 3.05) is 11.1 Å². The van der Waals surface area contributed by atoms with Crippen LogP contribution >= 0.6 is 11.3 Å². The minimum absolute atomic E-state index is 0.0547. The van der Waals surface area contributed by atoms with Crippen LogP contribution < -0.4 is 16.6 Å². The van der Waals surface area contributed by atoms with Gasteiger partial charge < -0.3 is 11.1 Å². The Labute approximate surface area is 164 Å². The standard InChI is InChI=1S/C19H17N7OS/c20-18-23-14(24-19(25-18)22-11-5-2-1-3-6-11)9-26-10-21-16-15(17(26)27)12-7-4-8-13(12)28-16/h1-3,5-6,10H,4,7-9H2,(H3,20,22,23,24,25). The van der Waals surface area contributed by atoms with Gasteiger partial charge in [-0.05, 0) is 37.0 Å². The van der Waals surface area contributed by atoms with Crippen molar-refractivity contribution in [1.29, 1.82) is 0 Å². The summed E-state index contributed by atoms with van der Waals surface area (Å²) >= 11 is 1.63. The largest absolute Gasteiger partial charge is 0.368 e. The van der Waals surface area contributed by atoms with Crippen LogP contribution in [0.3, 0.4) is 0 Å². The molecule has 0 saturated heterocycles. The van der Waals surface area contributed by atoms with Crippen LogP contribution in [-0.2, 0) is 19.4 Å². The van der Waals surface area contributed by atoms with E-state index in [0.717, 1.165) is 40.7 Å². The quantitative estimate of drug-likeness (QED) is 0.550. The molecule has 3 heterocycles. The zero-order valence-corrected chi connectivity index (χ0v) is 15.7. The van der Waals surface area contributed by atoms with E-state index >= 15 is 0 Å². The summed E-state index contributed by atoms with van der Waals surface area (Å²) < 4.78 is 1.54. The maximum absolute atomic E-state index is 13.0. The second kappa shape index (κ2) is 6.68. The van der Waals surface area contributed by atoms with Crippen molar-refractivity contribution in [3.8, 4) is 0 Å². The van der Waals surface area contributed by atoms with Gasteiger partial charge in [-0.1, -0.05) is 18.2 Å².